The first-order valence-corrected chi connectivity index (χ1v) is 7.18. The molecule has 1 aliphatic heterocycles. The lowest BCUT2D eigenvalue weighted by Crippen LogP contribution is -2.38. The molecule has 4 nitrogen and oxygen atoms in total. The number of rotatable bonds is 5. The zero-order chi connectivity index (χ0) is 13.7. The van der Waals surface area contributed by atoms with Gasteiger partial charge < -0.3 is 10.2 Å². The number of amides is 2. The minimum Gasteiger partial charge on any atom is -0.354 e. The van der Waals surface area contributed by atoms with Gasteiger partial charge in [0.05, 0.1) is 11.6 Å². The van der Waals surface area contributed by atoms with Gasteiger partial charge in [0.15, 0.2) is 0 Å². The number of halogens is 1. The lowest BCUT2D eigenvalue weighted by molar-refractivity contribution is -0.132. The summed E-state index contributed by atoms with van der Waals surface area (Å²) in [6.07, 6.45) is 0.446. The third-order valence-electron chi connectivity index (χ3n) is 2.83. The molecule has 2 amide bonds. The molecule has 1 N–H and O–H groups in total. The van der Waals surface area contributed by atoms with Gasteiger partial charge in [-0.15, -0.1) is 11.8 Å². The van der Waals surface area contributed by atoms with Crippen LogP contribution in [0.25, 0.3) is 0 Å². The summed E-state index contributed by atoms with van der Waals surface area (Å²) in [5.74, 6) is 0.548. The standard InChI is InChI=1S/C13H15FN2O2S/c14-11-4-2-1-3-10(11)5-6-15-12(17)7-16-9-19-8-13(16)18/h1-4H,5-9H2,(H,15,17). The Kier molecular flexibility index (Phi) is 4.79. The number of carbonyl (C=O) groups is 2. The van der Waals surface area contributed by atoms with Gasteiger partial charge in [-0.2, -0.15) is 0 Å². The molecule has 0 aliphatic carbocycles. The van der Waals surface area contributed by atoms with Crippen LogP contribution in [-0.4, -0.2) is 41.4 Å². The Labute approximate surface area is 115 Å². The van der Waals surface area contributed by atoms with E-state index in [1.807, 2.05) is 0 Å². The largest absolute Gasteiger partial charge is 0.354 e. The van der Waals surface area contributed by atoms with E-state index in [4.69, 9.17) is 0 Å². The van der Waals surface area contributed by atoms with Crippen LogP contribution in [0.15, 0.2) is 24.3 Å². The van der Waals surface area contributed by atoms with Crippen molar-refractivity contribution in [1.82, 2.24) is 10.2 Å². The zero-order valence-corrected chi connectivity index (χ0v) is 11.2. The molecular weight excluding hydrogens is 267 g/mol. The second-order valence-electron chi connectivity index (χ2n) is 4.26. The van der Waals surface area contributed by atoms with E-state index in [1.165, 1.54) is 22.7 Å². The molecule has 1 fully saturated rings. The third-order valence-corrected chi connectivity index (χ3v) is 3.78. The van der Waals surface area contributed by atoms with Crippen molar-refractivity contribution in [1.29, 1.82) is 0 Å². The molecule has 1 saturated heterocycles. The predicted octanol–water partition coefficient (Wildman–Crippen LogP) is 1.02. The van der Waals surface area contributed by atoms with Crippen LogP contribution in [0.1, 0.15) is 5.56 Å². The molecule has 6 heteroatoms. The Morgan fingerprint density at radius 1 is 1.42 bits per heavy atom. The number of thioether (sulfide) groups is 1. The van der Waals surface area contributed by atoms with Crippen LogP contribution < -0.4 is 5.32 Å². The maximum atomic E-state index is 13.3. The predicted molar refractivity (Wildman–Crippen MR) is 72.2 cm³/mol. The Hall–Kier alpha value is -1.56. The van der Waals surface area contributed by atoms with E-state index in [1.54, 1.807) is 18.2 Å². The smallest absolute Gasteiger partial charge is 0.239 e. The highest BCUT2D eigenvalue weighted by Crippen LogP contribution is 2.13. The minimum atomic E-state index is -0.261. The summed E-state index contributed by atoms with van der Waals surface area (Å²) in [4.78, 5) is 24.5. The molecule has 0 bridgehead atoms. The molecule has 1 heterocycles. The maximum absolute atomic E-state index is 13.3. The molecule has 0 radical (unpaired) electrons. The second kappa shape index (κ2) is 6.56. The minimum absolute atomic E-state index is 0.00532. The van der Waals surface area contributed by atoms with Crippen LogP contribution in [0.4, 0.5) is 4.39 Å². The monoisotopic (exact) mass is 282 g/mol. The Morgan fingerprint density at radius 3 is 2.89 bits per heavy atom. The van der Waals surface area contributed by atoms with Crippen LogP contribution in [0.5, 0.6) is 0 Å². The van der Waals surface area contributed by atoms with Crippen LogP contribution in [-0.2, 0) is 16.0 Å². The van der Waals surface area contributed by atoms with Crippen LogP contribution in [0, 0.1) is 5.82 Å². The summed E-state index contributed by atoms with van der Waals surface area (Å²) >= 11 is 1.50. The third kappa shape index (κ3) is 3.96. The second-order valence-corrected chi connectivity index (χ2v) is 5.22. The van der Waals surface area contributed by atoms with Gasteiger partial charge in [0.2, 0.25) is 11.8 Å². The fourth-order valence-corrected chi connectivity index (χ4v) is 2.71. The van der Waals surface area contributed by atoms with E-state index >= 15 is 0 Å². The number of nitrogens with one attached hydrogen (secondary N) is 1. The number of hydrogen-bond acceptors (Lipinski definition) is 3. The summed E-state index contributed by atoms with van der Waals surface area (Å²) in [5, 5.41) is 2.70. The highest BCUT2D eigenvalue weighted by molar-refractivity contribution is 8.00. The topological polar surface area (TPSA) is 49.4 Å². The number of carbonyl (C=O) groups excluding carboxylic acids is 2. The number of benzene rings is 1. The summed E-state index contributed by atoms with van der Waals surface area (Å²) in [5.41, 5.74) is 0.579. The molecular formula is C13H15FN2O2S. The van der Waals surface area contributed by atoms with Crippen molar-refractivity contribution in [3.8, 4) is 0 Å². The van der Waals surface area contributed by atoms with E-state index in [0.29, 0.717) is 30.2 Å². The molecule has 102 valence electrons. The Balaban J connectivity index is 1.72. The van der Waals surface area contributed by atoms with Crippen LogP contribution >= 0.6 is 11.8 Å². The quantitative estimate of drug-likeness (QED) is 0.877. The SMILES string of the molecule is O=C(CN1CSCC1=O)NCCc1ccccc1F. The molecule has 0 spiro atoms. The van der Waals surface area contributed by atoms with E-state index in [2.05, 4.69) is 5.32 Å². The summed E-state index contributed by atoms with van der Waals surface area (Å²) < 4.78 is 13.3. The first kappa shape index (κ1) is 13.9. The fraction of sp³-hybridized carbons (Fsp3) is 0.385. The Morgan fingerprint density at radius 2 is 2.21 bits per heavy atom. The first-order chi connectivity index (χ1) is 9.16. The van der Waals surface area contributed by atoms with Crippen molar-refractivity contribution >= 4 is 23.6 Å². The summed E-state index contributed by atoms with van der Waals surface area (Å²) in [6, 6.07) is 6.49. The molecule has 0 atom stereocenters. The summed E-state index contributed by atoms with van der Waals surface area (Å²) in [7, 11) is 0. The zero-order valence-electron chi connectivity index (χ0n) is 10.4. The van der Waals surface area contributed by atoms with Gasteiger partial charge in [0.25, 0.3) is 0 Å². The van der Waals surface area contributed by atoms with Gasteiger partial charge in [-0.3, -0.25) is 9.59 Å². The van der Waals surface area contributed by atoms with Crippen molar-refractivity contribution in [2.45, 2.75) is 6.42 Å². The maximum Gasteiger partial charge on any atom is 0.239 e. The van der Waals surface area contributed by atoms with Gasteiger partial charge in [-0.05, 0) is 18.1 Å². The molecule has 0 unspecified atom stereocenters. The molecule has 19 heavy (non-hydrogen) atoms. The van der Waals surface area contributed by atoms with Crippen LogP contribution in [0.3, 0.4) is 0 Å². The van der Waals surface area contributed by atoms with E-state index < -0.39 is 0 Å². The van der Waals surface area contributed by atoms with E-state index in [9.17, 15) is 14.0 Å². The van der Waals surface area contributed by atoms with Gasteiger partial charge >= 0.3 is 0 Å². The van der Waals surface area contributed by atoms with E-state index in [-0.39, 0.29) is 24.2 Å². The van der Waals surface area contributed by atoms with Crippen molar-refractivity contribution in [2.75, 3.05) is 24.7 Å². The molecule has 2 rings (SSSR count). The average molecular weight is 282 g/mol. The van der Waals surface area contributed by atoms with Crippen LogP contribution in [0.2, 0.25) is 0 Å². The molecule has 0 aromatic heterocycles. The van der Waals surface area contributed by atoms with E-state index in [0.717, 1.165) is 0 Å². The van der Waals surface area contributed by atoms with Gasteiger partial charge in [0.1, 0.15) is 12.4 Å². The first-order valence-electron chi connectivity index (χ1n) is 6.02. The lowest BCUT2D eigenvalue weighted by atomic mass is 10.1. The van der Waals surface area contributed by atoms with Crippen molar-refractivity contribution in [2.24, 2.45) is 0 Å². The van der Waals surface area contributed by atoms with Crippen molar-refractivity contribution in [3.63, 3.8) is 0 Å². The van der Waals surface area contributed by atoms with Crippen molar-refractivity contribution < 1.29 is 14.0 Å². The molecule has 1 aliphatic rings. The number of hydrogen-bond donors (Lipinski definition) is 1. The van der Waals surface area contributed by atoms with Crippen molar-refractivity contribution in [3.05, 3.63) is 35.6 Å². The Bertz CT molecular complexity index is 481. The molecule has 1 aromatic rings. The normalized spacial score (nSPS) is 14.8. The molecule has 1 aromatic carbocycles. The average Bonchev–Trinajstić information content (AvgIpc) is 2.77. The summed E-state index contributed by atoms with van der Waals surface area (Å²) in [6.45, 7) is 0.456. The highest BCUT2D eigenvalue weighted by Gasteiger charge is 2.22. The number of nitrogens with zero attached hydrogens (tertiary/aromatic N) is 1. The lowest BCUT2D eigenvalue weighted by Gasteiger charge is -2.14. The van der Waals surface area contributed by atoms with Gasteiger partial charge in [-0.25, -0.2) is 4.39 Å². The molecule has 0 saturated carbocycles. The van der Waals surface area contributed by atoms with Gasteiger partial charge in [0, 0.05) is 6.54 Å². The fourth-order valence-electron chi connectivity index (χ4n) is 1.81. The highest BCUT2D eigenvalue weighted by atomic mass is 32.2. The van der Waals surface area contributed by atoms with Gasteiger partial charge in [-0.1, -0.05) is 18.2 Å².